The topological polar surface area (TPSA) is 78.3 Å². The Morgan fingerprint density at radius 1 is 1.17 bits per heavy atom. The van der Waals surface area contributed by atoms with Crippen LogP contribution < -0.4 is 4.74 Å². The molecule has 1 aromatic heterocycles. The van der Waals surface area contributed by atoms with E-state index in [-0.39, 0.29) is 17.1 Å². The standard InChI is InChI=1S/C17H16N2O4S/c1-19-12-18-15-11-13(7-8-16(15)19)23-17(20)9-10-24(21,22)14-5-3-2-4-6-14/h2-8,11-12H,9-10H2,1H3. The van der Waals surface area contributed by atoms with Crippen molar-refractivity contribution in [2.75, 3.05) is 5.75 Å². The second-order valence-electron chi connectivity index (χ2n) is 5.36. The molecule has 0 N–H and O–H groups in total. The molecule has 0 amide bonds. The summed E-state index contributed by atoms with van der Waals surface area (Å²) in [5.41, 5.74) is 1.63. The maximum Gasteiger partial charge on any atom is 0.312 e. The summed E-state index contributed by atoms with van der Waals surface area (Å²) >= 11 is 0. The number of hydrogen-bond donors (Lipinski definition) is 0. The van der Waals surface area contributed by atoms with Gasteiger partial charge in [0, 0.05) is 13.1 Å². The number of imidazole rings is 1. The number of ether oxygens (including phenoxy) is 1. The summed E-state index contributed by atoms with van der Waals surface area (Å²) in [4.78, 5) is 16.3. The van der Waals surface area contributed by atoms with Gasteiger partial charge < -0.3 is 9.30 Å². The summed E-state index contributed by atoms with van der Waals surface area (Å²) in [6, 6.07) is 13.2. The molecule has 2 aromatic carbocycles. The average Bonchev–Trinajstić information content (AvgIpc) is 2.95. The van der Waals surface area contributed by atoms with Gasteiger partial charge in [-0.3, -0.25) is 4.79 Å². The monoisotopic (exact) mass is 344 g/mol. The van der Waals surface area contributed by atoms with E-state index in [2.05, 4.69) is 4.98 Å². The Balaban J connectivity index is 1.64. The third kappa shape index (κ3) is 3.46. The zero-order valence-electron chi connectivity index (χ0n) is 13.0. The first-order chi connectivity index (χ1) is 11.5. The first-order valence-electron chi connectivity index (χ1n) is 7.35. The lowest BCUT2D eigenvalue weighted by atomic mass is 10.3. The second kappa shape index (κ2) is 6.45. The predicted molar refractivity (Wildman–Crippen MR) is 89.5 cm³/mol. The summed E-state index contributed by atoms with van der Waals surface area (Å²) in [5.74, 6) is -0.533. The molecule has 0 unspecified atom stereocenters. The minimum absolute atomic E-state index is 0.202. The molecule has 0 fully saturated rings. The lowest BCUT2D eigenvalue weighted by Crippen LogP contribution is -2.15. The molecule has 124 valence electrons. The predicted octanol–water partition coefficient (Wildman–Crippen LogP) is 2.34. The Hall–Kier alpha value is -2.67. The maximum absolute atomic E-state index is 12.1. The van der Waals surface area contributed by atoms with E-state index in [1.54, 1.807) is 42.7 Å². The third-order valence-corrected chi connectivity index (χ3v) is 5.34. The van der Waals surface area contributed by atoms with Crippen LogP contribution in [-0.2, 0) is 21.7 Å². The average molecular weight is 344 g/mol. The van der Waals surface area contributed by atoms with Crippen LogP contribution in [-0.4, -0.2) is 29.7 Å². The van der Waals surface area contributed by atoms with Crippen LogP contribution in [0.4, 0.5) is 0 Å². The van der Waals surface area contributed by atoms with Gasteiger partial charge in [0.25, 0.3) is 0 Å². The first-order valence-corrected chi connectivity index (χ1v) is 9.00. The number of esters is 1. The van der Waals surface area contributed by atoms with Crippen LogP contribution in [0.15, 0.2) is 59.8 Å². The molecular formula is C17H16N2O4S. The number of benzene rings is 2. The number of aryl methyl sites for hydroxylation is 1. The van der Waals surface area contributed by atoms with Crippen molar-refractivity contribution in [1.29, 1.82) is 0 Å². The molecule has 0 saturated heterocycles. The van der Waals surface area contributed by atoms with E-state index in [1.807, 2.05) is 11.6 Å². The van der Waals surface area contributed by atoms with Gasteiger partial charge in [-0.1, -0.05) is 18.2 Å². The van der Waals surface area contributed by atoms with Crippen LogP contribution in [0.5, 0.6) is 5.75 Å². The smallest absolute Gasteiger partial charge is 0.312 e. The van der Waals surface area contributed by atoms with Crippen molar-refractivity contribution < 1.29 is 17.9 Å². The summed E-state index contributed by atoms with van der Waals surface area (Å²) in [6.07, 6.45) is 1.46. The van der Waals surface area contributed by atoms with Crippen LogP contribution in [0.2, 0.25) is 0 Å². The van der Waals surface area contributed by atoms with E-state index >= 15 is 0 Å². The van der Waals surface area contributed by atoms with Crippen molar-refractivity contribution in [2.24, 2.45) is 7.05 Å². The summed E-state index contributed by atoms with van der Waals surface area (Å²) in [5, 5.41) is 0. The molecule has 0 aliphatic carbocycles. The van der Waals surface area contributed by atoms with Crippen LogP contribution in [0.25, 0.3) is 11.0 Å². The maximum atomic E-state index is 12.1. The van der Waals surface area contributed by atoms with E-state index in [9.17, 15) is 13.2 Å². The molecule has 3 aromatic rings. The zero-order valence-corrected chi connectivity index (χ0v) is 13.9. The van der Waals surface area contributed by atoms with Gasteiger partial charge >= 0.3 is 5.97 Å². The fourth-order valence-corrected chi connectivity index (χ4v) is 3.57. The first kappa shape index (κ1) is 16.2. The SMILES string of the molecule is Cn1cnc2cc(OC(=O)CCS(=O)(=O)c3ccccc3)ccc21. The number of carbonyl (C=O) groups excluding carboxylic acids is 1. The number of sulfone groups is 1. The minimum Gasteiger partial charge on any atom is -0.426 e. The molecule has 24 heavy (non-hydrogen) atoms. The Bertz CT molecular complexity index is 978. The normalized spacial score (nSPS) is 11.5. The highest BCUT2D eigenvalue weighted by Gasteiger charge is 2.17. The molecule has 0 spiro atoms. The van der Waals surface area contributed by atoms with Crippen molar-refractivity contribution in [1.82, 2.24) is 9.55 Å². The van der Waals surface area contributed by atoms with E-state index in [0.717, 1.165) is 5.52 Å². The van der Waals surface area contributed by atoms with Crippen molar-refractivity contribution in [3.05, 3.63) is 54.9 Å². The van der Waals surface area contributed by atoms with Crippen LogP contribution >= 0.6 is 0 Å². The number of carbonyl (C=O) groups is 1. The number of rotatable bonds is 5. The van der Waals surface area contributed by atoms with Gasteiger partial charge in [0.15, 0.2) is 9.84 Å². The van der Waals surface area contributed by atoms with Gasteiger partial charge in [0.05, 0.1) is 34.4 Å². The van der Waals surface area contributed by atoms with Crippen molar-refractivity contribution >= 4 is 26.8 Å². The van der Waals surface area contributed by atoms with Crippen molar-refractivity contribution in [3.63, 3.8) is 0 Å². The number of aromatic nitrogens is 2. The van der Waals surface area contributed by atoms with E-state index in [0.29, 0.717) is 11.3 Å². The van der Waals surface area contributed by atoms with Crippen LogP contribution in [0, 0.1) is 0 Å². The molecule has 7 heteroatoms. The molecule has 0 radical (unpaired) electrons. The molecule has 0 atom stereocenters. The van der Waals surface area contributed by atoms with Crippen molar-refractivity contribution in [3.8, 4) is 5.75 Å². The lowest BCUT2D eigenvalue weighted by Gasteiger charge is -2.06. The molecule has 0 saturated carbocycles. The van der Waals surface area contributed by atoms with Crippen LogP contribution in [0.1, 0.15) is 6.42 Å². The highest BCUT2D eigenvalue weighted by atomic mass is 32.2. The van der Waals surface area contributed by atoms with E-state index < -0.39 is 15.8 Å². The summed E-state index contributed by atoms with van der Waals surface area (Å²) in [7, 11) is -1.62. The molecule has 3 rings (SSSR count). The molecule has 0 bridgehead atoms. The molecule has 0 aliphatic rings. The molecule has 6 nitrogen and oxygen atoms in total. The number of nitrogens with zero attached hydrogens (tertiary/aromatic N) is 2. The molecule has 0 aliphatic heterocycles. The van der Waals surface area contributed by atoms with Gasteiger partial charge in [0.2, 0.25) is 0 Å². The van der Waals surface area contributed by atoms with Gasteiger partial charge in [0.1, 0.15) is 5.75 Å². The number of fused-ring (bicyclic) bond motifs is 1. The van der Waals surface area contributed by atoms with Gasteiger partial charge in [-0.15, -0.1) is 0 Å². The third-order valence-electron chi connectivity index (χ3n) is 3.61. The highest BCUT2D eigenvalue weighted by Crippen LogP contribution is 2.20. The summed E-state index contributed by atoms with van der Waals surface area (Å²) in [6.45, 7) is 0. The molecule has 1 heterocycles. The van der Waals surface area contributed by atoms with Gasteiger partial charge in [-0.05, 0) is 24.3 Å². The zero-order chi connectivity index (χ0) is 17.2. The quantitative estimate of drug-likeness (QED) is 0.524. The Labute approximate surface area is 139 Å². The largest absolute Gasteiger partial charge is 0.426 e. The fraction of sp³-hybridized carbons (Fsp3) is 0.176. The van der Waals surface area contributed by atoms with E-state index in [4.69, 9.17) is 4.74 Å². The van der Waals surface area contributed by atoms with Gasteiger partial charge in [-0.2, -0.15) is 0 Å². The fourth-order valence-electron chi connectivity index (χ4n) is 2.33. The lowest BCUT2D eigenvalue weighted by molar-refractivity contribution is -0.133. The highest BCUT2D eigenvalue weighted by molar-refractivity contribution is 7.91. The van der Waals surface area contributed by atoms with Gasteiger partial charge in [-0.25, -0.2) is 13.4 Å². The minimum atomic E-state index is -3.50. The Kier molecular flexibility index (Phi) is 4.35. The summed E-state index contributed by atoms with van der Waals surface area (Å²) < 4.78 is 31.4. The van der Waals surface area contributed by atoms with Crippen LogP contribution in [0.3, 0.4) is 0 Å². The Morgan fingerprint density at radius 3 is 2.67 bits per heavy atom. The Morgan fingerprint density at radius 2 is 1.92 bits per heavy atom. The van der Waals surface area contributed by atoms with E-state index in [1.165, 1.54) is 12.1 Å². The molecular weight excluding hydrogens is 328 g/mol. The van der Waals surface area contributed by atoms with Crippen molar-refractivity contribution in [2.45, 2.75) is 11.3 Å². The number of hydrogen-bond acceptors (Lipinski definition) is 5. The second-order valence-corrected chi connectivity index (χ2v) is 7.47.